The maximum Gasteiger partial charge on any atom is 0.410 e. The molecule has 0 atom stereocenters. The third kappa shape index (κ3) is 3.56. The summed E-state index contributed by atoms with van der Waals surface area (Å²) in [5, 5.41) is 4.92. The summed E-state index contributed by atoms with van der Waals surface area (Å²) in [5.74, 6) is -0.127. The first kappa shape index (κ1) is 16.4. The van der Waals surface area contributed by atoms with Crippen LogP contribution in [0.2, 0.25) is 0 Å². The highest BCUT2D eigenvalue weighted by Crippen LogP contribution is 2.22. The van der Waals surface area contributed by atoms with Crippen LogP contribution in [0.4, 0.5) is 4.79 Å². The van der Waals surface area contributed by atoms with Crippen LogP contribution >= 0.6 is 11.3 Å². The number of nitrogens with zero attached hydrogens (tertiary/aromatic N) is 2. The first-order chi connectivity index (χ1) is 11.7. The van der Waals surface area contributed by atoms with Gasteiger partial charge in [0.1, 0.15) is 0 Å². The number of rotatable bonds is 4. The number of hydrogen-bond acceptors (Lipinski definition) is 5. The molecule has 2 aromatic rings. The predicted octanol–water partition coefficient (Wildman–Crippen LogP) is 2.59. The Bertz CT molecular complexity index is 731. The summed E-state index contributed by atoms with van der Waals surface area (Å²) >= 11 is 1.61. The van der Waals surface area contributed by atoms with Gasteiger partial charge in [-0.3, -0.25) is 9.78 Å². The molecule has 0 fully saturated rings. The summed E-state index contributed by atoms with van der Waals surface area (Å²) in [6.07, 6.45) is 3.62. The third-order valence-corrected chi connectivity index (χ3v) is 4.79. The number of amides is 2. The van der Waals surface area contributed by atoms with Gasteiger partial charge in [-0.05, 0) is 35.9 Å². The second-order valence-corrected chi connectivity index (χ2v) is 6.49. The van der Waals surface area contributed by atoms with E-state index in [4.69, 9.17) is 4.74 Å². The topological polar surface area (TPSA) is 71.5 Å². The molecule has 0 saturated carbocycles. The molecule has 1 N–H and O–H groups in total. The van der Waals surface area contributed by atoms with Gasteiger partial charge in [-0.25, -0.2) is 4.79 Å². The van der Waals surface area contributed by atoms with E-state index in [1.165, 1.54) is 0 Å². The fourth-order valence-corrected chi connectivity index (χ4v) is 3.38. The minimum absolute atomic E-state index is 0.127. The standard InChI is InChI=1S/C17H19N3O3S/c1-2-23-17(22)20-6-5-14-12(11-20)8-18-10-15(14)16(21)19-9-13-4-3-7-24-13/h3-4,7-8,10H,2,5-6,9,11H2,1H3,(H,19,21). The van der Waals surface area contributed by atoms with Gasteiger partial charge in [0.2, 0.25) is 0 Å². The van der Waals surface area contributed by atoms with E-state index in [0.717, 1.165) is 16.0 Å². The quantitative estimate of drug-likeness (QED) is 0.924. The van der Waals surface area contributed by atoms with Crippen molar-refractivity contribution >= 4 is 23.3 Å². The lowest BCUT2D eigenvalue weighted by Crippen LogP contribution is -2.37. The molecule has 0 bridgehead atoms. The number of fused-ring (bicyclic) bond motifs is 1. The van der Waals surface area contributed by atoms with Gasteiger partial charge in [-0.15, -0.1) is 11.3 Å². The van der Waals surface area contributed by atoms with E-state index in [2.05, 4.69) is 10.3 Å². The number of carbonyl (C=O) groups excluding carboxylic acids is 2. The minimum atomic E-state index is -0.323. The highest BCUT2D eigenvalue weighted by molar-refractivity contribution is 7.09. The fraction of sp³-hybridized carbons (Fsp3) is 0.353. The van der Waals surface area contributed by atoms with Crippen molar-refractivity contribution in [1.82, 2.24) is 15.2 Å². The van der Waals surface area contributed by atoms with E-state index in [-0.39, 0.29) is 12.0 Å². The van der Waals surface area contributed by atoms with Crippen LogP contribution in [0, 0.1) is 0 Å². The number of pyridine rings is 1. The molecular weight excluding hydrogens is 326 g/mol. The molecule has 3 rings (SSSR count). The van der Waals surface area contributed by atoms with E-state index in [0.29, 0.717) is 38.2 Å². The molecule has 126 valence electrons. The highest BCUT2D eigenvalue weighted by Gasteiger charge is 2.25. The molecule has 0 radical (unpaired) electrons. The molecule has 24 heavy (non-hydrogen) atoms. The van der Waals surface area contributed by atoms with Crippen molar-refractivity contribution in [2.75, 3.05) is 13.2 Å². The SMILES string of the molecule is CCOC(=O)N1CCc2c(cncc2C(=O)NCc2cccs2)C1. The molecular formula is C17H19N3O3S. The van der Waals surface area contributed by atoms with Crippen LogP contribution in [0.15, 0.2) is 29.9 Å². The van der Waals surface area contributed by atoms with Gasteiger partial charge in [-0.1, -0.05) is 6.07 Å². The van der Waals surface area contributed by atoms with Crippen molar-refractivity contribution in [3.05, 3.63) is 51.5 Å². The van der Waals surface area contributed by atoms with Gasteiger partial charge >= 0.3 is 6.09 Å². The van der Waals surface area contributed by atoms with Crippen LogP contribution in [-0.2, 0) is 24.2 Å². The number of aromatic nitrogens is 1. The second kappa shape index (κ2) is 7.44. The molecule has 0 saturated heterocycles. The number of hydrogen-bond donors (Lipinski definition) is 1. The molecule has 7 heteroatoms. The maximum atomic E-state index is 12.5. The molecule has 0 spiro atoms. The Morgan fingerprint density at radius 2 is 2.29 bits per heavy atom. The average molecular weight is 345 g/mol. The van der Waals surface area contributed by atoms with Crippen LogP contribution in [0.3, 0.4) is 0 Å². The van der Waals surface area contributed by atoms with Crippen molar-refractivity contribution in [3.8, 4) is 0 Å². The predicted molar refractivity (Wildman–Crippen MR) is 90.9 cm³/mol. The summed E-state index contributed by atoms with van der Waals surface area (Å²) in [6, 6.07) is 3.95. The molecule has 0 aliphatic carbocycles. The van der Waals surface area contributed by atoms with Crippen molar-refractivity contribution < 1.29 is 14.3 Å². The fourth-order valence-electron chi connectivity index (χ4n) is 2.74. The molecule has 2 aromatic heterocycles. The summed E-state index contributed by atoms with van der Waals surface area (Å²) in [5.41, 5.74) is 2.46. The Balaban J connectivity index is 1.71. The minimum Gasteiger partial charge on any atom is -0.450 e. The lowest BCUT2D eigenvalue weighted by atomic mass is 9.97. The Labute approximate surface area is 144 Å². The molecule has 0 aromatic carbocycles. The zero-order chi connectivity index (χ0) is 16.9. The van der Waals surface area contributed by atoms with Crippen LogP contribution in [-0.4, -0.2) is 35.0 Å². The van der Waals surface area contributed by atoms with Crippen LogP contribution in [0.1, 0.15) is 33.3 Å². The Kier molecular flexibility index (Phi) is 5.10. The molecule has 1 aliphatic heterocycles. The Morgan fingerprint density at radius 1 is 1.42 bits per heavy atom. The van der Waals surface area contributed by atoms with E-state index < -0.39 is 0 Å². The van der Waals surface area contributed by atoms with E-state index in [1.807, 2.05) is 17.5 Å². The second-order valence-electron chi connectivity index (χ2n) is 5.46. The number of ether oxygens (including phenoxy) is 1. The summed E-state index contributed by atoms with van der Waals surface area (Å²) < 4.78 is 5.04. The van der Waals surface area contributed by atoms with Crippen molar-refractivity contribution in [2.24, 2.45) is 0 Å². The van der Waals surface area contributed by atoms with E-state index in [9.17, 15) is 9.59 Å². The van der Waals surface area contributed by atoms with Gasteiger partial charge in [0.15, 0.2) is 0 Å². The molecule has 1 aliphatic rings. The number of nitrogens with one attached hydrogen (secondary N) is 1. The molecule has 6 nitrogen and oxygen atoms in total. The van der Waals surface area contributed by atoms with Gasteiger partial charge in [0.25, 0.3) is 5.91 Å². The highest BCUT2D eigenvalue weighted by atomic mass is 32.1. The van der Waals surface area contributed by atoms with E-state index >= 15 is 0 Å². The lowest BCUT2D eigenvalue weighted by Gasteiger charge is -2.28. The normalized spacial score (nSPS) is 13.3. The van der Waals surface area contributed by atoms with Crippen LogP contribution in [0.5, 0.6) is 0 Å². The zero-order valence-electron chi connectivity index (χ0n) is 13.4. The third-order valence-electron chi connectivity index (χ3n) is 3.91. The first-order valence-corrected chi connectivity index (χ1v) is 8.75. The van der Waals surface area contributed by atoms with Gasteiger partial charge in [0, 0.05) is 23.8 Å². The van der Waals surface area contributed by atoms with Crippen molar-refractivity contribution in [3.63, 3.8) is 0 Å². The van der Waals surface area contributed by atoms with Crippen LogP contribution < -0.4 is 5.32 Å². The first-order valence-electron chi connectivity index (χ1n) is 7.87. The summed E-state index contributed by atoms with van der Waals surface area (Å²) in [6.45, 7) is 3.61. The lowest BCUT2D eigenvalue weighted by molar-refractivity contribution is 0.0947. The summed E-state index contributed by atoms with van der Waals surface area (Å²) in [4.78, 5) is 31.3. The molecule has 2 amide bonds. The number of carbonyl (C=O) groups is 2. The van der Waals surface area contributed by atoms with Gasteiger partial charge < -0.3 is 15.0 Å². The molecule has 3 heterocycles. The maximum absolute atomic E-state index is 12.5. The largest absolute Gasteiger partial charge is 0.450 e. The van der Waals surface area contributed by atoms with E-state index in [1.54, 1.807) is 35.6 Å². The van der Waals surface area contributed by atoms with Crippen molar-refractivity contribution in [1.29, 1.82) is 0 Å². The van der Waals surface area contributed by atoms with Crippen LogP contribution in [0.25, 0.3) is 0 Å². The average Bonchev–Trinajstić information content (AvgIpc) is 3.12. The Morgan fingerprint density at radius 3 is 3.04 bits per heavy atom. The molecule has 0 unspecified atom stereocenters. The van der Waals surface area contributed by atoms with Crippen molar-refractivity contribution in [2.45, 2.75) is 26.4 Å². The van der Waals surface area contributed by atoms with Gasteiger partial charge in [0.05, 0.1) is 25.3 Å². The zero-order valence-corrected chi connectivity index (χ0v) is 14.3. The van der Waals surface area contributed by atoms with Gasteiger partial charge in [-0.2, -0.15) is 0 Å². The Hall–Kier alpha value is -2.41. The monoisotopic (exact) mass is 345 g/mol. The number of thiophene rings is 1. The summed E-state index contributed by atoms with van der Waals surface area (Å²) in [7, 11) is 0. The smallest absolute Gasteiger partial charge is 0.410 e.